The van der Waals surface area contributed by atoms with E-state index in [9.17, 15) is 4.79 Å². The molecule has 0 fully saturated rings. The highest BCUT2D eigenvalue weighted by Gasteiger charge is 2.22. The lowest BCUT2D eigenvalue weighted by Gasteiger charge is -2.18. The molecule has 0 aromatic heterocycles. The molecule has 0 aromatic carbocycles. The normalized spacial score (nSPS) is 12.4. The quantitative estimate of drug-likeness (QED) is 0.491. The predicted molar refractivity (Wildman–Crippen MR) is 41.7 cm³/mol. The van der Waals surface area contributed by atoms with Gasteiger partial charge in [0.05, 0.1) is 5.60 Å². The molecule has 0 radical (unpaired) electrons. The topological polar surface area (TPSA) is 94.8 Å². The number of carboxylic acid groups (broad SMARTS) is 1. The molecule has 5 heteroatoms. The average Bonchev–Trinajstić information content (AvgIpc) is 1.82. The molecule has 0 aliphatic heterocycles. The van der Waals surface area contributed by atoms with Crippen molar-refractivity contribution in [3.63, 3.8) is 0 Å². The molecule has 0 aromatic rings. The van der Waals surface area contributed by atoms with Gasteiger partial charge in [0, 0.05) is 6.92 Å². The minimum atomic E-state index is -1.30. The standard InChI is InChI=1S/C5H10O3.C2H4O2/c1-5(2,8)4(7)3-6;1-2(3)4/h3-4,7-8H,1-2H3;1H3,(H,3,4). The van der Waals surface area contributed by atoms with Crippen molar-refractivity contribution in [3.8, 4) is 0 Å². The fourth-order valence-corrected chi connectivity index (χ4v) is 0.167. The Morgan fingerprint density at radius 3 is 1.75 bits per heavy atom. The molecule has 1 unspecified atom stereocenters. The SMILES string of the molecule is CC(=O)O.CC(C)(O)C(O)C=O. The van der Waals surface area contributed by atoms with E-state index in [1.165, 1.54) is 13.8 Å². The molecule has 0 bridgehead atoms. The number of hydrogen-bond acceptors (Lipinski definition) is 4. The van der Waals surface area contributed by atoms with Gasteiger partial charge in [-0.05, 0) is 13.8 Å². The van der Waals surface area contributed by atoms with Gasteiger partial charge < -0.3 is 20.1 Å². The zero-order valence-electron chi connectivity index (χ0n) is 7.31. The fraction of sp³-hybridized carbons (Fsp3) is 0.714. The second-order valence-electron chi connectivity index (χ2n) is 2.75. The van der Waals surface area contributed by atoms with E-state index in [0.29, 0.717) is 6.29 Å². The van der Waals surface area contributed by atoms with Crippen molar-refractivity contribution in [1.82, 2.24) is 0 Å². The Morgan fingerprint density at radius 2 is 1.75 bits per heavy atom. The Hall–Kier alpha value is -0.940. The van der Waals surface area contributed by atoms with Crippen LogP contribution in [0.3, 0.4) is 0 Å². The van der Waals surface area contributed by atoms with Crippen LogP contribution in [-0.4, -0.2) is 39.3 Å². The second-order valence-corrected chi connectivity index (χ2v) is 2.75. The summed E-state index contributed by atoms with van der Waals surface area (Å²) in [5, 5.41) is 24.8. The van der Waals surface area contributed by atoms with E-state index in [0.717, 1.165) is 6.92 Å². The molecule has 72 valence electrons. The third kappa shape index (κ3) is 11.8. The lowest BCUT2D eigenvalue weighted by atomic mass is 10.0. The summed E-state index contributed by atoms with van der Waals surface area (Å²) in [5.41, 5.74) is -1.30. The molecule has 0 heterocycles. The van der Waals surface area contributed by atoms with Gasteiger partial charge in [-0.1, -0.05) is 0 Å². The van der Waals surface area contributed by atoms with E-state index in [1.54, 1.807) is 0 Å². The van der Waals surface area contributed by atoms with E-state index < -0.39 is 17.7 Å². The number of aliphatic carboxylic acids is 1. The van der Waals surface area contributed by atoms with Gasteiger partial charge in [-0.3, -0.25) is 4.79 Å². The van der Waals surface area contributed by atoms with Crippen LogP contribution in [0.2, 0.25) is 0 Å². The smallest absolute Gasteiger partial charge is 0.300 e. The molecule has 0 aliphatic carbocycles. The maximum absolute atomic E-state index is 9.74. The predicted octanol–water partition coefficient (Wildman–Crippen LogP) is -0.592. The Kier molecular flexibility index (Phi) is 6.45. The Morgan fingerprint density at radius 1 is 1.50 bits per heavy atom. The Labute approximate surface area is 70.6 Å². The summed E-state index contributed by atoms with van der Waals surface area (Å²) in [6.07, 6.45) is -0.970. The summed E-state index contributed by atoms with van der Waals surface area (Å²) in [6.45, 7) is 3.82. The van der Waals surface area contributed by atoms with Gasteiger partial charge in [-0.15, -0.1) is 0 Å². The largest absolute Gasteiger partial charge is 0.481 e. The van der Waals surface area contributed by atoms with Gasteiger partial charge in [0.2, 0.25) is 0 Å². The third-order valence-electron chi connectivity index (χ3n) is 0.853. The number of aliphatic hydroxyl groups is 2. The maximum Gasteiger partial charge on any atom is 0.300 e. The van der Waals surface area contributed by atoms with E-state index >= 15 is 0 Å². The van der Waals surface area contributed by atoms with Crippen molar-refractivity contribution in [3.05, 3.63) is 0 Å². The lowest BCUT2D eigenvalue weighted by molar-refractivity contribution is -0.134. The van der Waals surface area contributed by atoms with Crippen LogP contribution in [0.5, 0.6) is 0 Å². The van der Waals surface area contributed by atoms with Crippen LogP contribution in [0.4, 0.5) is 0 Å². The van der Waals surface area contributed by atoms with Crippen molar-refractivity contribution >= 4 is 12.3 Å². The first-order valence-corrected chi connectivity index (χ1v) is 3.27. The molecule has 0 saturated heterocycles. The van der Waals surface area contributed by atoms with Crippen LogP contribution in [0, 0.1) is 0 Å². The van der Waals surface area contributed by atoms with Crippen molar-refractivity contribution in [2.24, 2.45) is 0 Å². The number of aldehydes is 1. The van der Waals surface area contributed by atoms with Crippen LogP contribution >= 0.6 is 0 Å². The van der Waals surface area contributed by atoms with E-state index in [2.05, 4.69) is 0 Å². The summed E-state index contributed by atoms with van der Waals surface area (Å²) >= 11 is 0. The van der Waals surface area contributed by atoms with Crippen LogP contribution in [-0.2, 0) is 9.59 Å². The summed E-state index contributed by atoms with van der Waals surface area (Å²) in [7, 11) is 0. The number of carboxylic acids is 1. The maximum atomic E-state index is 9.74. The summed E-state index contributed by atoms with van der Waals surface area (Å²) < 4.78 is 0. The zero-order chi connectivity index (χ0) is 10.4. The molecule has 1 atom stereocenters. The molecule has 12 heavy (non-hydrogen) atoms. The van der Waals surface area contributed by atoms with Gasteiger partial charge in [-0.2, -0.15) is 0 Å². The van der Waals surface area contributed by atoms with Crippen LogP contribution in [0.25, 0.3) is 0 Å². The number of carbonyl (C=O) groups is 2. The minimum absolute atomic E-state index is 0.306. The van der Waals surface area contributed by atoms with Crippen LogP contribution < -0.4 is 0 Å². The number of carbonyl (C=O) groups excluding carboxylic acids is 1. The van der Waals surface area contributed by atoms with Gasteiger partial charge >= 0.3 is 0 Å². The highest BCUT2D eigenvalue weighted by atomic mass is 16.4. The van der Waals surface area contributed by atoms with Crippen LogP contribution in [0.1, 0.15) is 20.8 Å². The number of aliphatic hydroxyl groups excluding tert-OH is 1. The molecular weight excluding hydrogens is 164 g/mol. The molecule has 0 saturated carbocycles. The molecule has 5 nitrogen and oxygen atoms in total. The monoisotopic (exact) mass is 178 g/mol. The highest BCUT2D eigenvalue weighted by Crippen LogP contribution is 2.04. The Balaban J connectivity index is 0. The van der Waals surface area contributed by atoms with Crippen molar-refractivity contribution in [2.45, 2.75) is 32.5 Å². The third-order valence-corrected chi connectivity index (χ3v) is 0.853. The lowest BCUT2D eigenvalue weighted by Crippen LogP contribution is -2.36. The van der Waals surface area contributed by atoms with Gasteiger partial charge in [0.15, 0.2) is 6.29 Å². The van der Waals surface area contributed by atoms with Gasteiger partial charge in [-0.25, -0.2) is 0 Å². The second kappa shape index (κ2) is 5.68. The minimum Gasteiger partial charge on any atom is -0.481 e. The fourth-order valence-electron chi connectivity index (χ4n) is 0.167. The van der Waals surface area contributed by atoms with Crippen molar-refractivity contribution in [1.29, 1.82) is 0 Å². The molecule has 3 N–H and O–H groups in total. The molecule has 0 amide bonds. The first kappa shape index (κ1) is 13.6. The molecule has 0 aliphatic rings. The zero-order valence-corrected chi connectivity index (χ0v) is 7.31. The first-order chi connectivity index (χ1) is 5.21. The average molecular weight is 178 g/mol. The summed E-state index contributed by atoms with van der Waals surface area (Å²) in [5.74, 6) is -0.833. The number of hydrogen-bond donors (Lipinski definition) is 3. The number of rotatable bonds is 2. The van der Waals surface area contributed by atoms with Crippen LogP contribution in [0.15, 0.2) is 0 Å². The highest BCUT2D eigenvalue weighted by molar-refractivity contribution is 5.62. The Bertz CT molecular complexity index is 142. The van der Waals surface area contributed by atoms with E-state index in [1.807, 2.05) is 0 Å². The van der Waals surface area contributed by atoms with Gasteiger partial charge in [0.25, 0.3) is 5.97 Å². The molecule has 0 spiro atoms. The van der Waals surface area contributed by atoms with Crippen molar-refractivity contribution < 1.29 is 24.9 Å². The molecular formula is C7H14O5. The van der Waals surface area contributed by atoms with E-state index in [-0.39, 0.29) is 0 Å². The van der Waals surface area contributed by atoms with E-state index in [4.69, 9.17) is 20.1 Å². The molecule has 0 rings (SSSR count). The summed E-state index contributed by atoms with van der Waals surface area (Å²) in [6, 6.07) is 0. The van der Waals surface area contributed by atoms with Gasteiger partial charge in [0.1, 0.15) is 6.10 Å². The van der Waals surface area contributed by atoms with Crippen molar-refractivity contribution in [2.75, 3.05) is 0 Å². The first-order valence-electron chi connectivity index (χ1n) is 3.27. The summed E-state index contributed by atoms with van der Waals surface area (Å²) in [4.78, 5) is 18.7.